The van der Waals surface area contributed by atoms with Crippen LogP contribution in [-0.4, -0.2) is 111 Å². The SMILES string of the molecule is CCC.CCC1[B]C1.CN.COC(C(C)C(=O)NC(Cc1ccccc1)C(=O)O)C1CCCN1C(=O)CCC(=O)CNC(=O)C(NCCON)C(C)C. The smallest absolute Gasteiger partial charge is 0.326 e. The van der Waals surface area contributed by atoms with Crippen molar-refractivity contribution < 1.29 is 38.7 Å². The van der Waals surface area contributed by atoms with E-state index in [1.54, 1.807) is 36.1 Å². The summed E-state index contributed by atoms with van der Waals surface area (Å²) in [5.41, 5.74) is 5.28. The third-order valence-electron chi connectivity index (χ3n) is 8.78. The topological polar surface area (TPSA) is 215 Å². The zero-order valence-electron chi connectivity index (χ0n) is 33.4. The van der Waals surface area contributed by atoms with Crippen LogP contribution in [0.1, 0.15) is 85.6 Å². The Kier molecular flexibility index (Phi) is 27.2. The molecule has 0 aromatic heterocycles. The van der Waals surface area contributed by atoms with Crippen molar-refractivity contribution in [1.82, 2.24) is 20.9 Å². The van der Waals surface area contributed by atoms with Gasteiger partial charge in [0.15, 0.2) is 5.78 Å². The van der Waals surface area contributed by atoms with Gasteiger partial charge in [0.1, 0.15) is 13.3 Å². The Hall–Kier alpha value is -3.37. The summed E-state index contributed by atoms with van der Waals surface area (Å²) >= 11 is 0. The van der Waals surface area contributed by atoms with E-state index in [1.165, 1.54) is 33.3 Å². The number of ketones is 1. The summed E-state index contributed by atoms with van der Waals surface area (Å²) in [6, 6.07) is 6.98. The second-order valence-corrected chi connectivity index (χ2v) is 13.5. The molecule has 15 heteroatoms. The molecule has 2 heterocycles. The number of amides is 3. The molecule has 3 rings (SSSR count). The number of nitrogens with two attached hydrogens (primary N) is 2. The highest BCUT2D eigenvalue weighted by atomic mass is 16.6. The number of Topliss-reactive ketones (excluding diaryl/α,β-unsaturated/α-hetero) is 1. The number of carbonyl (C=O) groups excluding carboxylic acids is 4. The Labute approximate surface area is 318 Å². The quantitative estimate of drug-likeness (QED) is 0.0648. The Morgan fingerprint density at radius 1 is 1.02 bits per heavy atom. The molecule has 14 nitrogen and oxygen atoms in total. The molecule has 0 spiro atoms. The van der Waals surface area contributed by atoms with Gasteiger partial charge in [-0.1, -0.05) is 96.9 Å². The zero-order valence-corrected chi connectivity index (χ0v) is 33.4. The highest BCUT2D eigenvalue weighted by molar-refractivity contribution is 6.50. The lowest BCUT2D eigenvalue weighted by Gasteiger charge is -2.34. The number of carboxylic acids is 1. The second kappa shape index (κ2) is 29.0. The van der Waals surface area contributed by atoms with E-state index in [0.717, 1.165) is 11.4 Å². The monoisotopic (exact) mass is 748 g/mol. The van der Waals surface area contributed by atoms with E-state index in [0.29, 0.717) is 25.9 Å². The Bertz CT molecular complexity index is 1190. The maximum atomic E-state index is 13.1. The van der Waals surface area contributed by atoms with Crippen LogP contribution in [0.3, 0.4) is 0 Å². The molecule has 2 aliphatic rings. The van der Waals surface area contributed by atoms with Gasteiger partial charge in [0.05, 0.1) is 37.3 Å². The van der Waals surface area contributed by atoms with Crippen molar-refractivity contribution in [3.63, 3.8) is 0 Å². The molecule has 8 N–H and O–H groups in total. The predicted octanol–water partition coefficient (Wildman–Crippen LogP) is 2.72. The first-order chi connectivity index (χ1) is 25.3. The lowest BCUT2D eigenvalue weighted by molar-refractivity contribution is -0.144. The first-order valence-corrected chi connectivity index (χ1v) is 19.0. The van der Waals surface area contributed by atoms with E-state index < -0.39 is 42.0 Å². The fraction of sp³-hybridized carbons (Fsp3) is 0.711. The van der Waals surface area contributed by atoms with E-state index in [2.05, 4.69) is 54.6 Å². The van der Waals surface area contributed by atoms with Gasteiger partial charge in [-0.05, 0) is 31.4 Å². The van der Waals surface area contributed by atoms with E-state index in [1.807, 2.05) is 19.9 Å². The standard InChI is InChI=1S/C30H47N5O8.C4H8B.C3H8.CH5N/c1-19(2)26(32-14-16-43-31)29(39)33-18-22(36)12-13-25(37)35-15-8-11-24(35)27(42-4)20(3)28(38)34-23(30(40)41)17-21-9-6-5-7-10-21;1-2-4-3-5-4;1-3-2;1-2/h5-7,9-10,19-20,23-24,26-27,32H,8,11-18,31H2,1-4H3,(H,33,39)(H,34,38)(H,40,41);4H,2-3H2,1H3;3H2,1-2H3;2H2,1H3. The molecule has 6 atom stereocenters. The molecule has 0 aliphatic carbocycles. The van der Waals surface area contributed by atoms with Crippen LogP contribution < -0.4 is 27.6 Å². The molecule has 53 heavy (non-hydrogen) atoms. The number of carbonyl (C=O) groups is 5. The number of nitrogens with one attached hydrogen (secondary N) is 3. The van der Waals surface area contributed by atoms with Gasteiger partial charge >= 0.3 is 5.97 Å². The highest BCUT2D eigenvalue weighted by Gasteiger charge is 2.40. The summed E-state index contributed by atoms with van der Waals surface area (Å²) in [7, 11) is 5.31. The average Bonchev–Trinajstić information content (AvgIpc) is 3.88. The Balaban J connectivity index is 0.00000237. The van der Waals surface area contributed by atoms with E-state index in [-0.39, 0.29) is 55.9 Å². The van der Waals surface area contributed by atoms with Crippen LogP contribution in [0.15, 0.2) is 30.3 Å². The van der Waals surface area contributed by atoms with Crippen molar-refractivity contribution in [3.05, 3.63) is 35.9 Å². The number of nitrogens with zero attached hydrogens (tertiary/aromatic N) is 1. The number of benzene rings is 1. The van der Waals surface area contributed by atoms with Crippen molar-refractivity contribution >= 4 is 36.8 Å². The minimum Gasteiger partial charge on any atom is -0.480 e. The van der Waals surface area contributed by atoms with E-state index in [4.69, 9.17) is 10.6 Å². The molecule has 2 saturated heterocycles. The van der Waals surface area contributed by atoms with Gasteiger partial charge in [-0.15, -0.1) is 0 Å². The normalized spacial score (nSPS) is 17.8. The molecule has 1 aromatic carbocycles. The first kappa shape index (κ1) is 49.6. The van der Waals surface area contributed by atoms with Gasteiger partial charge in [-0.3, -0.25) is 19.2 Å². The number of rotatable bonds is 20. The van der Waals surface area contributed by atoms with E-state index >= 15 is 0 Å². The molecule has 2 fully saturated rings. The number of carboxylic acid groups (broad SMARTS) is 1. The molecule has 6 unspecified atom stereocenters. The van der Waals surface area contributed by atoms with Gasteiger partial charge in [0.2, 0.25) is 17.7 Å². The fourth-order valence-corrected chi connectivity index (χ4v) is 5.75. The number of ether oxygens (including phenoxy) is 1. The van der Waals surface area contributed by atoms with Crippen LogP contribution in [0, 0.1) is 11.8 Å². The van der Waals surface area contributed by atoms with Crippen LogP contribution in [-0.2, 0) is 40.0 Å². The molecule has 1 aromatic rings. The Morgan fingerprint density at radius 3 is 2.13 bits per heavy atom. The summed E-state index contributed by atoms with van der Waals surface area (Å²) in [5.74, 6) is 2.79. The third kappa shape index (κ3) is 20.0. The van der Waals surface area contributed by atoms with Gasteiger partial charge in [0.25, 0.3) is 0 Å². The fourth-order valence-electron chi connectivity index (χ4n) is 5.75. The molecule has 301 valence electrons. The molecular formula is C38H68BN6O8. The number of hydrogen-bond acceptors (Lipinski definition) is 10. The molecule has 0 bridgehead atoms. The van der Waals surface area contributed by atoms with Crippen LogP contribution in [0.25, 0.3) is 0 Å². The minimum atomic E-state index is -1.14. The number of hydrogen-bond donors (Lipinski definition) is 6. The van der Waals surface area contributed by atoms with E-state index in [9.17, 15) is 29.1 Å². The molecular weight excluding hydrogens is 679 g/mol. The first-order valence-electron chi connectivity index (χ1n) is 19.0. The lowest BCUT2D eigenvalue weighted by Crippen LogP contribution is -2.52. The number of aliphatic carboxylic acids is 1. The van der Waals surface area contributed by atoms with Gasteiger partial charge in [-0.2, -0.15) is 0 Å². The Morgan fingerprint density at radius 2 is 1.64 bits per heavy atom. The summed E-state index contributed by atoms with van der Waals surface area (Å²) in [5, 5.41) is 18.0. The van der Waals surface area contributed by atoms with Crippen LogP contribution in [0.4, 0.5) is 0 Å². The minimum absolute atomic E-state index is 0.0290. The average molecular weight is 748 g/mol. The predicted molar refractivity (Wildman–Crippen MR) is 209 cm³/mol. The van der Waals surface area contributed by atoms with Crippen LogP contribution in [0.2, 0.25) is 12.1 Å². The summed E-state index contributed by atoms with van der Waals surface area (Å²) < 4.78 is 5.69. The highest BCUT2D eigenvalue weighted by Crippen LogP contribution is 2.30. The van der Waals surface area contributed by atoms with Crippen LogP contribution >= 0.6 is 0 Å². The van der Waals surface area contributed by atoms with Crippen molar-refractivity contribution in [2.75, 3.05) is 40.4 Å². The lowest BCUT2D eigenvalue weighted by atomic mass is 9.94. The third-order valence-corrected chi connectivity index (χ3v) is 8.78. The number of likely N-dealkylation sites (tertiary alicyclic amines) is 1. The molecule has 3 amide bonds. The van der Waals surface area contributed by atoms with Crippen molar-refractivity contribution in [2.24, 2.45) is 23.5 Å². The molecule has 2 aliphatic heterocycles. The van der Waals surface area contributed by atoms with Crippen LogP contribution in [0.5, 0.6) is 0 Å². The largest absolute Gasteiger partial charge is 0.480 e. The van der Waals surface area contributed by atoms with Gasteiger partial charge in [-0.25, -0.2) is 10.7 Å². The zero-order chi connectivity index (χ0) is 40.3. The molecule has 0 saturated carbocycles. The summed E-state index contributed by atoms with van der Waals surface area (Å²) in [6.07, 6.45) is 4.69. The maximum Gasteiger partial charge on any atom is 0.326 e. The molecule has 1 radical (unpaired) electrons. The summed E-state index contributed by atoms with van der Waals surface area (Å²) in [6.45, 7) is 12.8. The van der Waals surface area contributed by atoms with Crippen molar-refractivity contribution in [1.29, 1.82) is 0 Å². The maximum absolute atomic E-state index is 13.1. The second-order valence-electron chi connectivity index (χ2n) is 13.5. The van der Waals surface area contributed by atoms with Gasteiger partial charge < -0.3 is 41.3 Å². The number of methoxy groups -OCH3 is 1. The summed E-state index contributed by atoms with van der Waals surface area (Å²) in [4.78, 5) is 69.3. The van der Waals surface area contributed by atoms with Crippen molar-refractivity contribution in [3.8, 4) is 0 Å². The van der Waals surface area contributed by atoms with Crippen molar-refractivity contribution in [2.45, 2.75) is 123 Å². The van der Waals surface area contributed by atoms with Gasteiger partial charge in [0, 0.05) is 39.5 Å².